The fourth-order valence-corrected chi connectivity index (χ4v) is 3.02. The molecule has 1 aliphatic rings. The average Bonchev–Trinajstić information content (AvgIpc) is 2.48. The minimum atomic E-state index is 0.374. The summed E-state index contributed by atoms with van der Waals surface area (Å²) in [6.45, 7) is 0.374. The molecule has 2 aromatic rings. The number of methoxy groups -OCH3 is 1. The Morgan fingerprint density at radius 3 is 3.05 bits per heavy atom. The van der Waals surface area contributed by atoms with Crippen LogP contribution in [0.4, 0.5) is 11.5 Å². The van der Waals surface area contributed by atoms with E-state index < -0.39 is 0 Å². The monoisotopic (exact) mass is 288 g/mol. The zero-order valence-corrected chi connectivity index (χ0v) is 11.5. The lowest BCUT2D eigenvalue weighted by molar-refractivity contribution is 0.205. The number of fused-ring (bicyclic) bond motifs is 2. The highest BCUT2D eigenvalue weighted by molar-refractivity contribution is 7.99. The zero-order valence-electron chi connectivity index (χ0n) is 10.7. The summed E-state index contributed by atoms with van der Waals surface area (Å²) >= 11 is 1.56. The van der Waals surface area contributed by atoms with E-state index in [-0.39, 0.29) is 0 Å². The Balaban J connectivity index is 2.11. The summed E-state index contributed by atoms with van der Waals surface area (Å²) in [6.07, 6.45) is 4.72. The molecule has 102 valence electrons. The van der Waals surface area contributed by atoms with Gasteiger partial charge < -0.3 is 9.94 Å². The van der Waals surface area contributed by atoms with Gasteiger partial charge in [-0.2, -0.15) is 0 Å². The van der Waals surface area contributed by atoms with Crippen LogP contribution in [-0.4, -0.2) is 35.2 Å². The number of aromatic nitrogens is 2. The molecule has 0 aliphatic carbocycles. The van der Waals surface area contributed by atoms with Crippen molar-refractivity contribution in [2.45, 2.75) is 9.92 Å². The fourth-order valence-electron chi connectivity index (χ4n) is 2.03. The summed E-state index contributed by atoms with van der Waals surface area (Å²) in [6, 6.07) is 5.79. The molecule has 1 aromatic heterocycles. The Morgan fingerprint density at radius 1 is 1.40 bits per heavy atom. The molecule has 3 rings (SSSR count). The van der Waals surface area contributed by atoms with Crippen molar-refractivity contribution in [2.24, 2.45) is 5.16 Å². The van der Waals surface area contributed by atoms with Gasteiger partial charge in [0.15, 0.2) is 5.82 Å². The van der Waals surface area contributed by atoms with Crippen molar-refractivity contribution in [3.63, 3.8) is 0 Å². The summed E-state index contributed by atoms with van der Waals surface area (Å²) in [5, 5.41) is 12.6. The van der Waals surface area contributed by atoms with E-state index in [0.29, 0.717) is 6.73 Å². The van der Waals surface area contributed by atoms with Crippen LogP contribution in [0.25, 0.3) is 0 Å². The first-order valence-corrected chi connectivity index (χ1v) is 6.72. The molecule has 1 aliphatic heterocycles. The molecule has 0 saturated carbocycles. The van der Waals surface area contributed by atoms with Gasteiger partial charge in [0.25, 0.3) is 0 Å². The van der Waals surface area contributed by atoms with E-state index >= 15 is 0 Å². The van der Waals surface area contributed by atoms with Crippen LogP contribution in [0.1, 0.15) is 5.56 Å². The third-order valence-corrected chi connectivity index (χ3v) is 3.89. The molecule has 0 fully saturated rings. The Morgan fingerprint density at radius 2 is 2.25 bits per heavy atom. The molecule has 20 heavy (non-hydrogen) atoms. The highest BCUT2D eigenvalue weighted by atomic mass is 32.2. The Hall–Kier alpha value is -2.12. The molecule has 1 N–H and O–H groups in total. The van der Waals surface area contributed by atoms with Crippen molar-refractivity contribution in [1.82, 2.24) is 9.97 Å². The number of hydrogen-bond acceptors (Lipinski definition) is 7. The van der Waals surface area contributed by atoms with E-state index in [2.05, 4.69) is 15.1 Å². The minimum Gasteiger partial charge on any atom is -0.411 e. The first-order valence-electron chi connectivity index (χ1n) is 5.90. The van der Waals surface area contributed by atoms with Gasteiger partial charge in [0.1, 0.15) is 11.8 Å². The number of nitrogens with zero attached hydrogens (tertiary/aromatic N) is 4. The molecule has 2 heterocycles. The van der Waals surface area contributed by atoms with Crippen LogP contribution in [0.5, 0.6) is 0 Å². The van der Waals surface area contributed by atoms with Crippen LogP contribution in [0.3, 0.4) is 0 Å². The zero-order chi connectivity index (χ0) is 13.9. The lowest BCUT2D eigenvalue weighted by atomic mass is 10.2. The van der Waals surface area contributed by atoms with Crippen LogP contribution in [0.2, 0.25) is 0 Å². The molecule has 0 amide bonds. The van der Waals surface area contributed by atoms with E-state index in [1.807, 2.05) is 23.1 Å². The van der Waals surface area contributed by atoms with Crippen molar-refractivity contribution in [1.29, 1.82) is 0 Å². The number of ether oxygens (including phenoxy) is 1. The minimum absolute atomic E-state index is 0.374. The first-order chi connectivity index (χ1) is 9.83. The molecule has 7 heteroatoms. The molecular formula is C13H12N4O2S. The molecule has 6 nitrogen and oxygen atoms in total. The number of benzene rings is 1. The molecule has 0 unspecified atom stereocenters. The van der Waals surface area contributed by atoms with Gasteiger partial charge in [-0.15, -0.1) is 0 Å². The highest BCUT2D eigenvalue weighted by Crippen LogP contribution is 2.45. The molecule has 1 aromatic carbocycles. The normalized spacial score (nSPS) is 13.3. The second-order valence-electron chi connectivity index (χ2n) is 4.10. The van der Waals surface area contributed by atoms with Gasteiger partial charge in [-0.1, -0.05) is 23.0 Å². The maximum atomic E-state index is 8.65. The van der Waals surface area contributed by atoms with E-state index in [0.717, 1.165) is 27.0 Å². The third-order valence-electron chi connectivity index (χ3n) is 2.85. The molecule has 0 bridgehead atoms. The molecule has 0 radical (unpaired) electrons. The van der Waals surface area contributed by atoms with Gasteiger partial charge in [0.05, 0.1) is 11.9 Å². The maximum absolute atomic E-state index is 8.65. The van der Waals surface area contributed by atoms with Crippen molar-refractivity contribution < 1.29 is 9.94 Å². The summed E-state index contributed by atoms with van der Waals surface area (Å²) in [5.41, 5.74) is 1.77. The van der Waals surface area contributed by atoms with Crippen molar-refractivity contribution in [3.8, 4) is 0 Å². The standard InChI is InChI=1S/C13H12N4O2S/c1-19-8-17-10-6-9(7-16-18)2-3-11(10)20-13-12(17)14-4-5-15-13/h2-7,18H,8H2,1H3/b16-7+. The SMILES string of the molecule is COCN1c2cc(/C=N/O)ccc2Sc2nccnc21. The summed E-state index contributed by atoms with van der Waals surface area (Å²) in [7, 11) is 1.64. The summed E-state index contributed by atoms with van der Waals surface area (Å²) < 4.78 is 5.26. The van der Waals surface area contributed by atoms with Crippen LogP contribution >= 0.6 is 11.8 Å². The second-order valence-corrected chi connectivity index (χ2v) is 5.14. The quantitative estimate of drug-likeness (QED) is 0.531. The molecule has 0 atom stereocenters. The van der Waals surface area contributed by atoms with E-state index in [1.165, 1.54) is 6.21 Å². The smallest absolute Gasteiger partial charge is 0.168 e. The Kier molecular flexibility index (Phi) is 3.53. The number of hydrogen-bond donors (Lipinski definition) is 1. The predicted molar refractivity (Wildman–Crippen MR) is 76.0 cm³/mol. The molecular weight excluding hydrogens is 276 g/mol. The lowest BCUT2D eigenvalue weighted by Crippen LogP contribution is -2.24. The second kappa shape index (κ2) is 5.48. The molecule has 0 saturated heterocycles. The topological polar surface area (TPSA) is 70.8 Å². The van der Waals surface area contributed by atoms with Gasteiger partial charge >= 0.3 is 0 Å². The average molecular weight is 288 g/mol. The first kappa shape index (κ1) is 12.9. The predicted octanol–water partition coefficient (Wildman–Crippen LogP) is 2.49. The lowest BCUT2D eigenvalue weighted by Gasteiger charge is -2.30. The third kappa shape index (κ3) is 2.21. The Labute approximate surface area is 120 Å². The van der Waals surface area contributed by atoms with Crippen molar-refractivity contribution in [2.75, 3.05) is 18.7 Å². The van der Waals surface area contributed by atoms with Crippen molar-refractivity contribution in [3.05, 3.63) is 36.2 Å². The summed E-state index contributed by atoms with van der Waals surface area (Å²) in [4.78, 5) is 11.7. The van der Waals surface area contributed by atoms with Gasteiger partial charge in [-0.25, -0.2) is 9.97 Å². The number of oxime groups is 1. The number of rotatable bonds is 3. The van der Waals surface area contributed by atoms with Crippen molar-refractivity contribution >= 4 is 29.5 Å². The van der Waals surface area contributed by atoms with Crippen LogP contribution < -0.4 is 4.90 Å². The summed E-state index contributed by atoms with van der Waals surface area (Å²) in [5.74, 6) is 0.768. The van der Waals surface area contributed by atoms with Gasteiger partial charge in [-0.05, 0) is 17.7 Å². The largest absolute Gasteiger partial charge is 0.411 e. The van der Waals surface area contributed by atoms with Crippen LogP contribution in [-0.2, 0) is 4.74 Å². The van der Waals surface area contributed by atoms with Crippen LogP contribution in [0.15, 0.2) is 45.7 Å². The van der Waals surface area contributed by atoms with E-state index in [4.69, 9.17) is 9.94 Å². The Bertz CT molecular complexity index is 663. The maximum Gasteiger partial charge on any atom is 0.168 e. The van der Waals surface area contributed by atoms with Crippen LogP contribution in [0, 0.1) is 0 Å². The van der Waals surface area contributed by atoms with E-state index in [9.17, 15) is 0 Å². The fraction of sp³-hybridized carbons (Fsp3) is 0.154. The van der Waals surface area contributed by atoms with E-state index in [1.54, 1.807) is 31.3 Å². The molecule has 0 spiro atoms. The van der Waals surface area contributed by atoms with Gasteiger partial charge in [-0.3, -0.25) is 4.90 Å². The van der Waals surface area contributed by atoms with Gasteiger partial charge in [0, 0.05) is 24.4 Å². The highest BCUT2D eigenvalue weighted by Gasteiger charge is 2.25. The number of anilines is 2. The van der Waals surface area contributed by atoms with Gasteiger partial charge in [0.2, 0.25) is 0 Å².